The molecule has 18 heavy (non-hydrogen) atoms. The van der Waals surface area contributed by atoms with E-state index < -0.39 is 0 Å². The normalized spacial score (nSPS) is 11.3. The average molecular weight is 307 g/mol. The second kappa shape index (κ2) is 5.91. The summed E-state index contributed by atoms with van der Waals surface area (Å²) in [6.45, 7) is 2.77. The lowest BCUT2D eigenvalue weighted by Gasteiger charge is -2.14. The van der Waals surface area contributed by atoms with Gasteiger partial charge in [0.1, 0.15) is 18.1 Å². The van der Waals surface area contributed by atoms with Gasteiger partial charge in [-0.25, -0.2) is 0 Å². The molecule has 2 heterocycles. The van der Waals surface area contributed by atoms with Gasteiger partial charge in [-0.1, -0.05) is 34.1 Å². The Morgan fingerprint density at radius 3 is 2.33 bits per heavy atom. The van der Waals surface area contributed by atoms with Crippen LogP contribution < -0.4 is 9.47 Å². The number of halogens is 1. The van der Waals surface area contributed by atoms with E-state index >= 15 is 0 Å². The zero-order chi connectivity index (χ0) is 13.0. The maximum atomic E-state index is 5.23. The lowest BCUT2D eigenvalue weighted by molar-refractivity contribution is 0.293. The summed E-state index contributed by atoms with van der Waals surface area (Å²) in [7, 11) is 1.68. The lowest BCUT2D eigenvalue weighted by atomic mass is 10.2. The van der Waals surface area contributed by atoms with Gasteiger partial charge in [0.2, 0.25) is 0 Å². The van der Waals surface area contributed by atoms with Crippen LogP contribution in [-0.4, -0.2) is 7.11 Å². The smallest absolute Gasteiger partial charge is 0.120 e. The molecule has 0 fully saturated rings. The summed E-state index contributed by atoms with van der Waals surface area (Å²) >= 11 is 3.42. The second-order valence-corrected chi connectivity index (χ2v) is 4.92. The van der Waals surface area contributed by atoms with Crippen LogP contribution in [0.25, 0.3) is 0 Å². The zero-order valence-corrected chi connectivity index (χ0v) is 12.0. The first-order valence-corrected chi connectivity index (χ1v) is 6.50. The van der Waals surface area contributed by atoms with E-state index in [9.17, 15) is 0 Å². The van der Waals surface area contributed by atoms with Crippen molar-refractivity contribution in [1.82, 2.24) is 0 Å². The van der Waals surface area contributed by atoms with Crippen LogP contribution in [0.5, 0.6) is 11.5 Å². The summed E-state index contributed by atoms with van der Waals surface area (Å²) in [6, 6.07) is 14.0. The monoisotopic (exact) mass is 306 g/mol. The highest BCUT2D eigenvalue weighted by Gasteiger charge is 2.08. The minimum absolute atomic E-state index is 0.725. The first-order chi connectivity index (χ1) is 8.69. The molecule has 2 bridgehead atoms. The molecule has 94 valence electrons. The molecule has 2 aromatic rings. The number of ether oxygens (including phenoxy) is 2. The van der Waals surface area contributed by atoms with E-state index in [1.165, 1.54) is 11.1 Å². The maximum Gasteiger partial charge on any atom is 0.120 e. The number of hydrogen-bond donors (Lipinski definition) is 0. The highest BCUT2D eigenvalue weighted by molar-refractivity contribution is 9.10. The Kier molecular flexibility index (Phi) is 4.26. The van der Waals surface area contributed by atoms with Crippen LogP contribution in [0.1, 0.15) is 11.1 Å². The first kappa shape index (κ1) is 13.0. The van der Waals surface area contributed by atoms with Gasteiger partial charge in [0.15, 0.2) is 0 Å². The fraction of sp³-hybridized carbons (Fsp3) is 0.200. The fourth-order valence-electron chi connectivity index (χ4n) is 1.64. The molecule has 0 aromatic heterocycles. The van der Waals surface area contributed by atoms with Crippen LogP contribution in [0.2, 0.25) is 0 Å². The summed E-state index contributed by atoms with van der Waals surface area (Å²) in [4.78, 5) is 0. The van der Waals surface area contributed by atoms with Crippen molar-refractivity contribution < 1.29 is 9.47 Å². The number of benzene rings is 2. The van der Waals surface area contributed by atoms with E-state index in [1.807, 2.05) is 43.3 Å². The van der Waals surface area contributed by atoms with Crippen LogP contribution in [0.3, 0.4) is 0 Å². The predicted octanol–water partition coefficient (Wildman–Crippen LogP) is 4.35. The fourth-order valence-corrected chi connectivity index (χ4v) is 2.11. The molecule has 2 nitrogen and oxygen atoms in total. The van der Waals surface area contributed by atoms with E-state index in [1.54, 1.807) is 7.11 Å². The quantitative estimate of drug-likeness (QED) is 0.780. The Hall–Kier alpha value is -1.48. The Balaban J connectivity index is 0.000000134. The third-order valence-corrected chi connectivity index (χ3v) is 3.38. The molecule has 2 aliphatic heterocycles. The molecule has 2 aromatic carbocycles. The summed E-state index contributed by atoms with van der Waals surface area (Å²) in [5.74, 6) is 1.88. The Bertz CT molecular complexity index is 538. The standard InChI is InChI=1S/C8H10O.C7H5BrO/c1-7-4-3-5-8(6-7)9-2;8-7-3-6-2-1-5(7)4-9-6/h3-6H,1-2H3;1-3H,4H2. The molecule has 0 spiro atoms. The molecule has 0 N–H and O–H groups in total. The van der Waals surface area contributed by atoms with Crippen LogP contribution in [0, 0.1) is 6.92 Å². The van der Waals surface area contributed by atoms with Crippen molar-refractivity contribution in [3.63, 3.8) is 0 Å². The first-order valence-electron chi connectivity index (χ1n) is 5.71. The summed E-state index contributed by atoms with van der Waals surface area (Å²) in [5.41, 5.74) is 2.46. The van der Waals surface area contributed by atoms with Gasteiger partial charge in [0, 0.05) is 10.0 Å². The summed E-state index contributed by atoms with van der Waals surface area (Å²) in [6.07, 6.45) is 0. The van der Waals surface area contributed by atoms with Crippen molar-refractivity contribution in [2.45, 2.75) is 13.5 Å². The molecule has 0 atom stereocenters. The van der Waals surface area contributed by atoms with Crippen molar-refractivity contribution in [2.24, 2.45) is 0 Å². The molecule has 2 aliphatic rings. The van der Waals surface area contributed by atoms with Crippen molar-refractivity contribution in [3.05, 3.63) is 58.1 Å². The van der Waals surface area contributed by atoms with Crippen LogP contribution >= 0.6 is 15.9 Å². The number of rotatable bonds is 1. The largest absolute Gasteiger partial charge is 0.497 e. The van der Waals surface area contributed by atoms with Gasteiger partial charge >= 0.3 is 0 Å². The molecule has 0 radical (unpaired) electrons. The highest BCUT2D eigenvalue weighted by Crippen LogP contribution is 2.28. The van der Waals surface area contributed by atoms with Crippen LogP contribution in [0.4, 0.5) is 0 Å². The van der Waals surface area contributed by atoms with Gasteiger partial charge in [-0.2, -0.15) is 0 Å². The topological polar surface area (TPSA) is 18.5 Å². The number of aryl methyl sites for hydroxylation is 1. The molecule has 0 unspecified atom stereocenters. The predicted molar refractivity (Wildman–Crippen MR) is 76.2 cm³/mol. The van der Waals surface area contributed by atoms with Gasteiger partial charge in [-0.15, -0.1) is 0 Å². The Labute approximate surface area is 116 Å². The number of hydrogen-bond acceptors (Lipinski definition) is 2. The Morgan fingerprint density at radius 1 is 1.17 bits per heavy atom. The molecule has 0 aliphatic carbocycles. The molecular formula is C15H15BrO2. The minimum atomic E-state index is 0.725. The van der Waals surface area contributed by atoms with Crippen LogP contribution in [0.15, 0.2) is 46.9 Å². The maximum absolute atomic E-state index is 5.23. The van der Waals surface area contributed by atoms with E-state index in [0.717, 1.165) is 22.6 Å². The van der Waals surface area contributed by atoms with Gasteiger partial charge < -0.3 is 9.47 Å². The zero-order valence-electron chi connectivity index (χ0n) is 10.4. The summed E-state index contributed by atoms with van der Waals surface area (Å²) in [5, 5.41) is 0. The third-order valence-electron chi connectivity index (χ3n) is 2.64. The van der Waals surface area contributed by atoms with Crippen molar-refractivity contribution in [2.75, 3.05) is 7.11 Å². The van der Waals surface area contributed by atoms with E-state index in [-0.39, 0.29) is 0 Å². The average Bonchev–Trinajstić information content (AvgIpc) is 2.40. The van der Waals surface area contributed by atoms with Gasteiger partial charge in [-0.3, -0.25) is 0 Å². The third kappa shape index (κ3) is 3.26. The lowest BCUT2D eigenvalue weighted by Crippen LogP contribution is -2.02. The van der Waals surface area contributed by atoms with Gasteiger partial charge in [0.25, 0.3) is 0 Å². The molecule has 0 amide bonds. The van der Waals surface area contributed by atoms with E-state index in [0.29, 0.717) is 0 Å². The van der Waals surface area contributed by atoms with E-state index in [4.69, 9.17) is 9.47 Å². The Morgan fingerprint density at radius 2 is 2.00 bits per heavy atom. The van der Waals surface area contributed by atoms with Crippen LogP contribution in [-0.2, 0) is 6.61 Å². The molecule has 0 saturated carbocycles. The molecule has 4 rings (SSSR count). The SMILES string of the molecule is Brc1cc2ccc1CO2.COc1cccc(C)c1. The van der Waals surface area contributed by atoms with E-state index in [2.05, 4.69) is 22.0 Å². The van der Waals surface area contributed by atoms with Crippen molar-refractivity contribution in [3.8, 4) is 11.5 Å². The second-order valence-electron chi connectivity index (χ2n) is 4.06. The van der Waals surface area contributed by atoms with Gasteiger partial charge in [0.05, 0.1) is 7.11 Å². The highest BCUT2D eigenvalue weighted by atomic mass is 79.9. The molecular weight excluding hydrogens is 292 g/mol. The minimum Gasteiger partial charge on any atom is -0.497 e. The van der Waals surface area contributed by atoms with Gasteiger partial charge in [-0.05, 0) is 36.8 Å². The van der Waals surface area contributed by atoms with Crippen molar-refractivity contribution >= 4 is 15.9 Å². The molecule has 0 saturated heterocycles. The van der Waals surface area contributed by atoms with Crippen molar-refractivity contribution in [1.29, 1.82) is 0 Å². The number of fused-ring (bicyclic) bond motifs is 3. The molecule has 3 heteroatoms. The summed E-state index contributed by atoms with van der Waals surface area (Å²) < 4.78 is 11.4. The number of methoxy groups -OCH3 is 1.